The number of unbranched alkanes of at least 4 members (excludes halogenated alkanes) is 1. The van der Waals surface area contributed by atoms with Gasteiger partial charge in [0.2, 0.25) is 0 Å². The summed E-state index contributed by atoms with van der Waals surface area (Å²) in [5, 5.41) is 3.59. The second kappa shape index (κ2) is 7.87. The van der Waals surface area contributed by atoms with Crippen molar-refractivity contribution in [2.45, 2.75) is 71.9 Å². The molecule has 4 nitrogen and oxygen atoms in total. The van der Waals surface area contributed by atoms with Crippen molar-refractivity contribution in [2.24, 2.45) is 5.92 Å². The van der Waals surface area contributed by atoms with Crippen LogP contribution in [-0.2, 0) is 4.74 Å². The fraction of sp³-hybridized carbons (Fsp3) is 0.938. The van der Waals surface area contributed by atoms with E-state index in [-0.39, 0.29) is 6.09 Å². The Bertz CT molecular complexity index is 299. The zero-order valence-corrected chi connectivity index (χ0v) is 13.9. The van der Waals surface area contributed by atoms with Gasteiger partial charge in [-0.05, 0) is 53.0 Å². The Kier molecular flexibility index (Phi) is 6.80. The van der Waals surface area contributed by atoms with Crippen LogP contribution in [0.15, 0.2) is 0 Å². The number of nitrogens with one attached hydrogen (secondary N) is 1. The third kappa shape index (κ3) is 6.60. The number of nitrogens with zero attached hydrogens (tertiary/aromatic N) is 1. The standard InChI is InChI=1S/C16H32N2O2/c1-6-7-8-13(2)17-11-14-9-10-18(12-14)15(19)20-16(3,4)5/h13-14,17H,6-12H2,1-5H3. The van der Waals surface area contributed by atoms with Crippen LogP contribution < -0.4 is 5.32 Å². The highest BCUT2D eigenvalue weighted by Crippen LogP contribution is 2.19. The van der Waals surface area contributed by atoms with E-state index < -0.39 is 5.60 Å². The van der Waals surface area contributed by atoms with Gasteiger partial charge in [-0.25, -0.2) is 4.79 Å². The highest BCUT2D eigenvalue weighted by atomic mass is 16.6. The number of rotatable bonds is 6. The monoisotopic (exact) mass is 284 g/mol. The fourth-order valence-corrected chi connectivity index (χ4v) is 2.47. The Morgan fingerprint density at radius 1 is 1.45 bits per heavy atom. The van der Waals surface area contributed by atoms with Gasteiger partial charge in [-0.3, -0.25) is 0 Å². The quantitative estimate of drug-likeness (QED) is 0.812. The molecule has 1 N–H and O–H groups in total. The van der Waals surface area contributed by atoms with Crippen molar-refractivity contribution < 1.29 is 9.53 Å². The van der Waals surface area contributed by atoms with Gasteiger partial charge in [-0.1, -0.05) is 19.8 Å². The highest BCUT2D eigenvalue weighted by Gasteiger charge is 2.29. The van der Waals surface area contributed by atoms with E-state index in [9.17, 15) is 4.79 Å². The summed E-state index contributed by atoms with van der Waals surface area (Å²) in [5.41, 5.74) is -0.401. The van der Waals surface area contributed by atoms with E-state index in [1.807, 2.05) is 25.7 Å². The average Bonchev–Trinajstić information content (AvgIpc) is 2.80. The zero-order valence-electron chi connectivity index (χ0n) is 13.9. The molecule has 2 unspecified atom stereocenters. The third-order valence-corrected chi connectivity index (χ3v) is 3.68. The summed E-state index contributed by atoms with van der Waals surface area (Å²) in [6, 6.07) is 0.575. The van der Waals surface area contributed by atoms with E-state index in [0.29, 0.717) is 12.0 Å². The predicted octanol–water partition coefficient (Wildman–Crippen LogP) is 3.41. The van der Waals surface area contributed by atoms with Crippen molar-refractivity contribution in [1.82, 2.24) is 10.2 Å². The maximum absolute atomic E-state index is 12.0. The summed E-state index contributed by atoms with van der Waals surface area (Å²) in [7, 11) is 0. The SMILES string of the molecule is CCCCC(C)NCC1CCN(C(=O)OC(C)(C)C)C1. The summed E-state index contributed by atoms with van der Waals surface area (Å²) in [5.74, 6) is 0.562. The first-order valence-electron chi connectivity index (χ1n) is 8.03. The molecule has 1 saturated heterocycles. The summed E-state index contributed by atoms with van der Waals surface area (Å²) in [4.78, 5) is 13.8. The maximum atomic E-state index is 12.0. The van der Waals surface area contributed by atoms with Gasteiger partial charge in [-0.15, -0.1) is 0 Å². The van der Waals surface area contributed by atoms with Crippen LogP contribution in [0, 0.1) is 5.92 Å². The summed E-state index contributed by atoms with van der Waals surface area (Å²) in [6.07, 6.45) is 4.68. The summed E-state index contributed by atoms with van der Waals surface area (Å²) < 4.78 is 5.42. The van der Waals surface area contributed by atoms with Gasteiger partial charge < -0.3 is 15.0 Å². The van der Waals surface area contributed by atoms with E-state index in [2.05, 4.69) is 19.2 Å². The molecule has 0 aromatic rings. The van der Waals surface area contributed by atoms with E-state index in [4.69, 9.17) is 4.74 Å². The molecule has 118 valence electrons. The van der Waals surface area contributed by atoms with Crippen molar-refractivity contribution in [3.63, 3.8) is 0 Å². The Balaban J connectivity index is 2.24. The molecule has 0 bridgehead atoms. The van der Waals surface area contributed by atoms with Gasteiger partial charge in [0, 0.05) is 19.1 Å². The molecule has 0 saturated carbocycles. The van der Waals surface area contributed by atoms with Crippen LogP contribution in [0.2, 0.25) is 0 Å². The van der Waals surface area contributed by atoms with Crippen LogP contribution in [0.5, 0.6) is 0 Å². The van der Waals surface area contributed by atoms with Crippen molar-refractivity contribution in [3.8, 4) is 0 Å². The molecule has 2 atom stereocenters. The number of hydrogen-bond donors (Lipinski definition) is 1. The van der Waals surface area contributed by atoms with E-state index in [0.717, 1.165) is 26.1 Å². The molecule has 20 heavy (non-hydrogen) atoms. The Hall–Kier alpha value is -0.770. The first-order chi connectivity index (χ1) is 9.31. The second-order valence-electron chi connectivity index (χ2n) is 7.03. The molecule has 1 fully saturated rings. The van der Waals surface area contributed by atoms with Gasteiger partial charge in [0.1, 0.15) is 5.60 Å². The van der Waals surface area contributed by atoms with Crippen molar-refractivity contribution in [1.29, 1.82) is 0 Å². The lowest BCUT2D eigenvalue weighted by atomic mass is 10.1. The summed E-state index contributed by atoms with van der Waals surface area (Å²) >= 11 is 0. The van der Waals surface area contributed by atoms with E-state index in [1.165, 1.54) is 19.3 Å². The lowest BCUT2D eigenvalue weighted by Crippen LogP contribution is -2.37. The molecular formula is C16H32N2O2. The number of carbonyl (C=O) groups excluding carboxylic acids is 1. The molecular weight excluding hydrogens is 252 g/mol. The first kappa shape index (κ1) is 17.3. The van der Waals surface area contributed by atoms with E-state index >= 15 is 0 Å². The first-order valence-corrected chi connectivity index (χ1v) is 8.03. The van der Waals surface area contributed by atoms with Gasteiger partial charge in [0.25, 0.3) is 0 Å². The number of likely N-dealkylation sites (tertiary alicyclic amines) is 1. The largest absolute Gasteiger partial charge is 0.444 e. The van der Waals surface area contributed by atoms with Crippen LogP contribution in [-0.4, -0.2) is 42.3 Å². The molecule has 4 heteroatoms. The lowest BCUT2D eigenvalue weighted by Gasteiger charge is -2.24. The van der Waals surface area contributed by atoms with Crippen LogP contribution in [0.1, 0.15) is 60.3 Å². The molecule has 0 radical (unpaired) electrons. The molecule has 1 aliphatic rings. The molecule has 0 aromatic heterocycles. The minimum absolute atomic E-state index is 0.168. The molecule has 1 amide bonds. The fourth-order valence-electron chi connectivity index (χ4n) is 2.47. The van der Waals surface area contributed by atoms with Gasteiger partial charge in [-0.2, -0.15) is 0 Å². The molecule has 0 aromatic carbocycles. The van der Waals surface area contributed by atoms with Crippen molar-refractivity contribution >= 4 is 6.09 Å². The van der Waals surface area contributed by atoms with Gasteiger partial charge in [0.05, 0.1) is 0 Å². The van der Waals surface area contributed by atoms with Gasteiger partial charge in [0.15, 0.2) is 0 Å². The minimum atomic E-state index is -0.401. The number of ether oxygens (including phenoxy) is 1. The maximum Gasteiger partial charge on any atom is 0.410 e. The smallest absolute Gasteiger partial charge is 0.410 e. The van der Waals surface area contributed by atoms with Crippen LogP contribution in [0.3, 0.4) is 0 Å². The topological polar surface area (TPSA) is 41.6 Å². The number of hydrogen-bond acceptors (Lipinski definition) is 3. The van der Waals surface area contributed by atoms with Crippen LogP contribution in [0.25, 0.3) is 0 Å². The van der Waals surface area contributed by atoms with E-state index in [1.54, 1.807) is 0 Å². The predicted molar refractivity (Wildman–Crippen MR) is 82.9 cm³/mol. The molecule has 1 heterocycles. The third-order valence-electron chi connectivity index (χ3n) is 3.68. The number of amides is 1. The Morgan fingerprint density at radius 2 is 2.15 bits per heavy atom. The lowest BCUT2D eigenvalue weighted by molar-refractivity contribution is 0.0288. The Morgan fingerprint density at radius 3 is 2.75 bits per heavy atom. The molecule has 0 spiro atoms. The normalized spacial score (nSPS) is 21.1. The minimum Gasteiger partial charge on any atom is -0.444 e. The van der Waals surface area contributed by atoms with Crippen LogP contribution >= 0.6 is 0 Å². The zero-order chi connectivity index (χ0) is 15.2. The molecule has 0 aliphatic carbocycles. The second-order valence-corrected chi connectivity index (χ2v) is 7.03. The van der Waals surface area contributed by atoms with Crippen molar-refractivity contribution in [2.75, 3.05) is 19.6 Å². The van der Waals surface area contributed by atoms with Gasteiger partial charge >= 0.3 is 6.09 Å². The summed E-state index contributed by atoms with van der Waals surface area (Å²) in [6.45, 7) is 12.9. The number of carbonyl (C=O) groups is 1. The molecule has 1 aliphatic heterocycles. The van der Waals surface area contributed by atoms with Crippen LogP contribution in [0.4, 0.5) is 4.79 Å². The average molecular weight is 284 g/mol. The Labute approximate surface area is 124 Å². The molecule has 1 rings (SSSR count). The van der Waals surface area contributed by atoms with Crippen molar-refractivity contribution in [3.05, 3.63) is 0 Å². The highest BCUT2D eigenvalue weighted by molar-refractivity contribution is 5.68.